The van der Waals surface area contributed by atoms with E-state index >= 15 is 0 Å². The van der Waals surface area contributed by atoms with Gasteiger partial charge in [0.1, 0.15) is 0 Å². The Morgan fingerprint density at radius 1 is 1.23 bits per heavy atom. The Bertz CT molecular complexity index is 874. The summed E-state index contributed by atoms with van der Waals surface area (Å²) in [5.74, 6) is -0.109. The lowest BCUT2D eigenvalue weighted by atomic mass is 10.00. The number of H-pyrrole nitrogens is 1. The normalized spacial score (nSPS) is 11.0. The Morgan fingerprint density at radius 3 is 2.88 bits per heavy atom. The van der Waals surface area contributed by atoms with E-state index in [2.05, 4.69) is 16.0 Å². The van der Waals surface area contributed by atoms with Crippen molar-refractivity contribution < 1.29 is 9.53 Å². The smallest absolute Gasteiger partial charge is 0.305 e. The fourth-order valence-electron chi connectivity index (χ4n) is 3.22. The van der Waals surface area contributed by atoms with Crippen LogP contribution in [-0.4, -0.2) is 22.5 Å². The highest BCUT2D eigenvalue weighted by atomic mass is 35.5. The third kappa shape index (κ3) is 4.44. The first-order chi connectivity index (χ1) is 12.7. The van der Waals surface area contributed by atoms with Crippen molar-refractivity contribution in [1.29, 1.82) is 0 Å². The highest BCUT2D eigenvalue weighted by Crippen LogP contribution is 2.32. The van der Waals surface area contributed by atoms with Crippen LogP contribution in [0, 0.1) is 0 Å². The molecule has 0 radical (unpaired) electrons. The van der Waals surface area contributed by atoms with Gasteiger partial charge in [0.15, 0.2) is 0 Å². The van der Waals surface area contributed by atoms with Gasteiger partial charge in [0.2, 0.25) is 0 Å². The van der Waals surface area contributed by atoms with Crippen LogP contribution < -0.4 is 0 Å². The number of pyridine rings is 1. The number of carbonyl (C=O) groups excluding carboxylic acids is 1. The Morgan fingerprint density at radius 2 is 2.12 bits per heavy atom. The monoisotopic (exact) mass is 370 g/mol. The zero-order chi connectivity index (χ0) is 18.4. The summed E-state index contributed by atoms with van der Waals surface area (Å²) in [6.07, 6.45) is 7.90. The molecule has 5 heteroatoms. The van der Waals surface area contributed by atoms with E-state index in [0.29, 0.717) is 13.0 Å². The van der Waals surface area contributed by atoms with Crippen molar-refractivity contribution in [1.82, 2.24) is 9.97 Å². The first kappa shape index (κ1) is 18.5. The molecule has 0 atom stereocenters. The van der Waals surface area contributed by atoms with Gasteiger partial charge in [0.25, 0.3) is 0 Å². The highest BCUT2D eigenvalue weighted by Gasteiger charge is 2.13. The van der Waals surface area contributed by atoms with Crippen molar-refractivity contribution in [3.63, 3.8) is 0 Å². The number of esters is 1. The van der Waals surface area contributed by atoms with Crippen molar-refractivity contribution in [2.45, 2.75) is 39.0 Å². The summed E-state index contributed by atoms with van der Waals surface area (Å²) in [5.41, 5.74) is 4.50. The standard InChI is InChI=1S/C21H23ClN2O2/c1-2-26-20(25)9-5-3-4-8-17-18-13-16(22)10-11-19(18)24-21(17)15-7-6-12-23-14-15/h6-7,10-14,24H,2-5,8-9H2,1H3. The molecule has 0 spiro atoms. The molecule has 0 saturated carbocycles. The number of fused-ring (bicyclic) bond motifs is 1. The predicted molar refractivity (Wildman–Crippen MR) is 105 cm³/mol. The molecular formula is C21H23ClN2O2. The van der Waals surface area contributed by atoms with E-state index in [4.69, 9.17) is 16.3 Å². The van der Waals surface area contributed by atoms with Crippen LogP contribution in [0.15, 0.2) is 42.7 Å². The third-order valence-corrected chi connectivity index (χ3v) is 4.67. The number of aryl methyl sites for hydroxylation is 1. The van der Waals surface area contributed by atoms with Crippen molar-refractivity contribution in [3.8, 4) is 11.3 Å². The first-order valence-corrected chi connectivity index (χ1v) is 9.43. The molecule has 0 fully saturated rings. The lowest BCUT2D eigenvalue weighted by molar-refractivity contribution is -0.143. The molecule has 2 aromatic heterocycles. The number of benzene rings is 1. The van der Waals surface area contributed by atoms with Crippen molar-refractivity contribution >= 4 is 28.5 Å². The second-order valence-corrected chi connectivity index (χ2v) is 6.71. The Kier molecular flexibility index (Phi) is 6.29. The number of rotatable bonds is 8. The first-order valence-electron chi connectivity index (χ1n) is 9.05. The summed E-state index contributed by atoms with van der Waals surface area (Å²) in [7, 11) is 0. The van der Waals surface area contributed by atoms with Gasteiger partial charge in [-0.2, -0.15) is 0 Å². The van der Waals surface area contributed by atoms with Crippen LogP contribution in [0.4, 0.5) is 0 Å². The maximum atomic E-state index is 11.4. The van der Waals surface area contributed by atoms with Crippen LogP contribution in [-0.2, 0) is 16.0 Å². The third-order valence-electron chi connectivity index (χ3n) is 4.43. The van der Waals surface area contributed by atoms with E-state index in [0.717, 1.165) is 52.9 Å². The van der Waals surface area contributed by atoms with E-state index < -0.39 is 0 Å². The topological polar surface area (TPSA) is 55.0 Å². The molecule has 0 unspecified atom stereocenters. The van der Waals surface area contributed by atoms with Gasteiger partial charge in [-0.1, -0.05) is 18.0 Å². The fourth-order valence-corrected chi connectivity index (χ4v) is 3.39. The summed E-state index contributed by atoms with van der Waals surface area (Å²) in [5, 5.41) is 1.89. The number of hydrogen-bond acceptors (Lipinski definition) is 3. The highest BCUT2D eigenvalue weighted by molar-refractivity contribution is 6.31. The van der Waals surface area contributed by atoms with Gasteiger partial charge in [-0.25, -0.2) is 0 Å². The van der Waals surface area contributed by atoms with Crippen LogP contribution >= 0.6 is 11.6 Å². The summed E-state index contributed by atoms with van der Waals surface area (Å²) in [6.45, 7) is 2.28. The Labute approximate surface area is 158 Å². The predicted octanol–water partition coefficient (Wildman–Crippen LogP) is 5.55. The van der Waals surface area contributed by atoms with E-state index in [1.807, 2.05) is 37.4 Å². The van der Waals surface area contributed by atoms with Gasteiger partial charge in [0.05, 0.1) is 12.3 Å². The molecule has 3 rings (SSSR count). The molecule has 2 heterocycles. The molecule has 1 N–H and O–H groups in total. The number of unbranched alkanes of at least 4 members (excludes halogenated alkanes) is 2. The molecule has 0 aliphatic heterocycles. The minimum atomic E-state index is -0.109. The van der Waals surface area contributed by atoms with E-state index in [1.165, 1.54) is 5.56 Å². The average Bonchev–Trinajstić information content (AvgIpc) is 3.00. The summed E-state index contributed by atoms with van der Waals surface area (Å²) >= 11 is 6.22. The largest absolute Gasteiger partial charge is 0.466 e. The van der Waals surface area contributed by atoms with Crippen molar-refractivity contribution in [2.24, 2.45) is 0 Å². The van der Waals surface area contributed by atoms with E-state index in [1.54, 1.807) is 6.20 Å². The van der Waals surface area contributed by atoms with Crippen molar-refractivity contribution in [3.05, 3.63) is 53.3 Å². The molecule has 0 aliphatic rings. The molecule has 136 valence electrons. The van der Waals surface area contributed by atoms with Crippen LogP contribution in [0.25, 0.3) is 22.2 Å². The number of nitrogens with one attached hydrogen (secondary N) is 1. The maximum Gasteiger partial charge on any atom is 0.305 e. The number of carbonyl (C=O) groups is 1. The molecule has 0 bridgehead atoms. The molecule has 4 nitrogen and oxygen atoms in total. The number of aromatic amines is 1. The Balaban J connectivity index is 1.75. The van der Waals surface area contributed by atoms with Crippen LogP contribution in [0.2, 0.25) is 5.02 Å². The molecule has 0 saturated heterocycles. The average molecular weight is 371 g/mol. The molecular weight excluding hydrogens is 348 g/mol. The van der Waals surface area contributed by atoms with E-state index in [-0.39, 0.29) is 5.97 Å². The second kappa shape index (κ2) is 8.86. The SMILES string of the molecule is CCOC(=O)CCCCCc1c(-c2cccnc2)[nH]c2ccc(Cl)cc12. The summed E-state index contributed by atoms with van der Waals surface area (Å²) in [4.78, 5) is 19.2. The summed E-state index contributed by atoms with van der Waals surface area (Å²) < 4.78 is 4.98. The number of aromatic nitrogens is 2. The minimum absolute atomic E-state index is 0.109. The van der Waals surface area contributed by atoms with Gasteiger partial charge >= 0.3 is 5.97 Å². The zero-order valence-corrected chi connectivity index (χ0v) is 15.7. The molecule has 0 aliphatic carbocycles. The molecule has 26 heavy (non-hydrogen) atoms. The number of nitrogens with zero attached hydrogens (tertiary/aromatic N) is 1. The van der Waals surface area contributed by atoms with Crippen molar-refractivity contribution in [2.75, 3.05) is 6.61 Å². The van der Waals surface area contributed by atoms with Gasteiger partial charge in [-0.3, -0.25) is 9.78 Å². The molecule has 0 amide bonds. The zero-order valence-electron chi connectivity index (χ0n) is 14.9. The van der Waals surface area contributed by atoms with Crippen LogP contribution in [0.3, 0.4) is 0 Å². The lowest BCUT2D eigenvalue weighted by Gasteiger charge is -2.06. The Hall–Kier alpha value is -2.33. The van der Waals surface area contributed by atoms with Gasteiger partial charge in [0, 0.05) is 40.3 Å². The van der Waals surface area contributed by atoms with Gasteiger partial charge < -0.3 is 9.72 Å². The van der Waals surface area contributed by atoms with E-state index in [9.17, 15) is 4.79 Å². The summed E-state index contributed by atoms with van der Waals surface area (Å²) in [6, 6.07) is 9.93. The van der Waals surface area contributed by atoms with Crippen LogP contribution in [0.1, 0.15) is 38.2 Å². The minimum Gasteiger partial charge on any atom is -0.466 e. The maximum absolute atomic E-state index is 11.4. The number of hydrogen-bond donors (Lipinski definition) is 1. The van der Waals surface area contributed by atoms with Crippen LogP contribution in [0.5, 0.6) is 0 Å². The number of halogens is 1. The molecule has 1 aromatic carbocycles. The quantitative estimate of drug-likeness (QED) is 0.417. The van der Waals surface area contributed by atoms with Gasteiger partial charge in [-0.15, -0.1) is 0 Å². The molecule has 3 aromatic rings. The lowest BCUT2D eigenvalue weighted by Crippen LogP contribution is -2.03. The fraction of sp³-hybridized carbons (Fsp3) is 0.333. The van der Waals surface area contributed by atoms with Gasteiger partial charge in [-0.05, 0) is 62.1 Å². The second-order valence-electron chi connectivity index (χ2n) is 6.28. The number of ether oxygens (including phenoxy) is 1.